The van der Waals surface area contributed by atoms with Crippen LogP contribution in [0.2, 0.25) is 5.02 Å². The van der Waals surface area contributed by atoms with E-state index in [9.17, 15) is 9.18 Å². The molecule has 0 amide bonds. The van der Waals surface area contributed by atoms with Crippen LogP contribution in [0.25, 0.3) is 11.3 Å². The zero-order chi connectivity index (χ0) is 21.6. The second-order valence-electron chi connectivity index (χ2n) is 7.83. The molecule has 7 nitrogen and oxygen atoms in total. The number of anilines is 1. The van der Waals surface area contributed by atoms with Gasteiger partial charge >= 0.3 is 0 Å². The largest absolute Gasteiger partial charge is 0.381 e. The zero-order valence-electron chi connectivity index (χ0n) is 17.2. The molecule has 0 bridgehead atoms. The number of nitrogens with one attached hydrogen (secondary N) is 2. The Labute approximate surface area is 185 Å². The van der Waals surface area contributed by atoms with Crippen LogP contribution in [-0.2, 0) is 20.7 Å². The van der Waals surface area contributed by atoms with E-state index in [-0.39, 0.29) is 18.0 Å². The Morgan fingerprint density at radius 2 is 2.13 bits per heavy atom. The molecule has 0 aromatic carbocycles. The van der Waals surface area contributed by atoms with Gasteiger partial charge in [-0.05, 0) is 37.0 Å². The molecule has 0 saturated carbocycles. The number of pyridine rings is 2. The van der Waals surface area contributed by atoms with E-state index >= 15 is 0 Å². The Hall–Kier alpha value is -2.13. The lowest BCUT2D eigenvalue weighted by molar-refractivity contribution is -0.131. The highest BCUT2D eigenvalue weighted by atomic mass is 35.5. The quantitative estimate of drug-likeness (QED) is 0.673. The molecule has 31 heavy (non-hydrogen) atoms. The topological polar surface area (TPSA) is 85.4 Å². The Bertz CT molecular complexity index is 918. The minimum absolute atomic E-state index is 0.0427. The maximum absolute atomic E-state index is 14.3. The summed E-state index contributed by atoms with van der Waals surface area (Å²) in [5.74, 6) is 0.158. The Kier molecular flexibility index (Phi) is 7.45. The van der Waals surface area contributed by atoms with Gasteiger partial charge in [-0.3, -0.25) is 9.78 Å². The molecule has 1 atom stereocenters. The number of morpholine rings is 1. The summed E-state index contributed by atoms with van der Waals surface area (Å²) in [4.78, 5) is 21.2. The molecule has 4 heterocycles. The predicted octanol–water partition coefficient (Wildman–Crippen LogP) is 2.87. The molecule has 9 heteroatoms. The van der Waals surface area contributed by atoms with Gasteiger partial charge in [0, 0.05) is 50.3 Å². The first-order valence-electron chi connectivity index (χ1n) is 10.6. The van der Waals surface area contributed by atoms with Gasteiger partial charge in [-0.2, -0.15) is 0 Å². The highest BCUT2D eigenvalue weighted by Gasteiger charge is 2.23. The van der Waals surface area contributed by atoms with Gasteiger partial charge in [0.2, 0.25) is 0 Å². The van der Waals surface area contributed by atoms with E-state index in [1.807, 2.05) is 0 Å². The molecule has 2 aromatic heterocycles. The smallest absolute Gasteiger partial charge is 0.168 e. The summed E-state index contributed by atoms with van der Waals surface area (Å²) in [7, 11) is 0. The van der Waals surface area contributed by atoms with Crippen LogP contribution in [0, 0.1) is 11.7 Å². The first-order valence-corrected chi connectivity index (χ1v) is 11.0. The maximum atomic E-state index is 14.3. The number of aromatic nitrogens is 2. The van der Waals surface area contributed by atoms with Crippen molar-refractivity contribution in [3.05, 3.63) is 40.9 Å². The normalized spacial score (nSPS) is 19.9. The van der Waals surface area contributed by atoms with Crippen LogP contribution in [0.15, 0.2) is 24.4 Å². The standard InChI is InChI=1S/C22H26ClFN4O3/c23-17-12-26-15(10-20(29)21-13-25-5-8-31-21)9-16(17)19-2-1-18(24)22(28-19)27-11-14-3-6-30-7-4-14/h1-2,9,12,14,21,25H,3-8,10-11,13H2,(H,27,28)/t21-/m1/s1. The van der Waals surface area contributed by atoms with Crippen molar-refractivity contribution in [2.45, 2.75) is 25.4 Å². The third-order valence-corrected chi connectivity index (χ3v) is 5.88. The summed E-state index contributed by atoms with van der Waals surface area (Å²) in [5, 5.41) is 6.66. The summed E-state index contributed by atoms with van der Waals surface area (Å²) in [6.07, 6.45) is 3.05. The molecule has 2 aliphatic rings. The predicted molar refractivity (Wildman–Crippen MR) is 116 cm³/mol. The van der Waals surface area contributed by atoms with E-state index in [2.05, 4.69) is 20.6 Å². The maximum Gasteiger partial charge on any atom is 0.168 e. The fourth-order valence-electron chi connectivity index (χ4n) is 3.75. The monoisotopic (exact) mass is 448 g/mol. The SMILES string of the molecule is O=C(Cc1cc(-c2ccc(F)c(NCC3CCOCC3)n2)c(Cl)cn1)[C@H]1CNCCO1. The molecule has 4 rings (SSSR count). The van der Waals surface area contributed by atoms with Gasteiger partial charge in [0.05, 0.1) is 23.7 Å². The van der Waals surface area contributed by atoms with Crippen molar-refractivity contribution in [2.75, 3.05) is 44.8 Å². The van der Waals surface area contributed by atoms with E-state index < -0.39 is 11.9 Å². The van der Waals surface area contributed by atoms with Crippen molar-refractivity contribution in [2.24, 2.45) is 5.92 Å². The number of carbonyl (C=O) groups excluding carboxylic acids is 1. The van der Waals surface area contributed by atoms with Crippen LogP contribution in [0.3, 0.4) is 0 Å². The number of ether oxygens (including phenoxy) is 2. The third kappa shape index (κ3) is 5.77. The highest BCUT2D eigenvalue weighted by molar-refractivity contribution is 6.33. The average molecular weight is 449 g/mol. The lowest BCUT2D eigenvalue weighted by Crippen LogP contribution is -2.43. The van der Waals surface area contributed by atoms with Gasteiger partial charge in [0.15, 0.2) is 17.4 Å². The fourth-order valence-corrected chi connectivity index (χ4v) is 3.95. The molecule has 0 aliphatic carbocycles. The minimum atomic E-state index is -0.473. The molecule has 166 valence electrons. The van der Waals surface area contributed by atoms with Crippen LogP contribution in [-0.4, -0.2) is 61.3 Å². The van der Waals surface area contributed by atoms with Gasteiger partial charge in [0.1, 0.15) is 6.10 Å². The number of halogens is 2. The molecule has 2 aliphatic heterocycles. The first kappa shape index (κ1) is 22.1. The van der Waals surface area contributed by atoms with Gasteiger partial charge in [-0.15, -0.1) is 0 Å². The molecule has 2 fully saturated rings. The molecule has 2 aromatic rings. The molecular formula is C22H26ClFN4O3. The molecule has 2 N–H and O–H groups in total. The van der Waals surface area contributed by atoms with Crippen molar-refractivity contribution < 1.29 is 18.7 Å². The molecular weight excluding hydrogens is 423 g/mol. The number of hydrogen-bond acceptors (Lipinski definition) is 7. The molecule has 0 spiro atoms. The number of nitrogens with zero attached hydrogens (tertiary/aromatic N) is 2. The second-order valence-corrected chi connectivity index (χ2v) is 8.23. The number of ketones is 1. The molecule has 0 radical (unpaired) electrons. The van der Waals surface area contributed by atoms with Gasteiger partial charge in [0.25, 0.3) is 0 Å². The van der Waals surface area contributed by atoms with Crippen molar-refractivity contribution >= 4 is 23.2 Å². The Balaban J connectivity index is 1.48. The Morgan fingerprint density at radius 1 is 1.29 bits per heavy atom. The number of hydrogen-bond donors (Lipinski definition) is 2. The fraction of sp³-hybridized carbons (Fsp3) is 0.500. The molecule has 0 unspecified atom stereocenters. The van der Waals surface area contributed by atoms with Crippen molar-refractivity contribution in [3.8, 4) is 11.3 Å². The van der Waals surface area contributed by atoms with E-state index in [0.717, 1.165) is 32.6 Å². The number of carbonyl (C=O) groups is 1. The van der Waals surface area contributed by atoms with E-state index in [4.69, 9.17) is 21.1 Å². The van der Waals surface area contributed by atoms with Crippen LogP contribution in [0.4, 0.5) is 10.2 Å². The second kappa shape index (κ2) is 10.5. The summed E-state index contributed by atoms with van der Waals surface area (Å²) >= 11 is 6.36. The summed E-state index contributed by atoms with van der Waals surface area (Å²) in [5.41, 5.74) is 1.70. The van der Waals surface area contributed by atoms with Gasteiger partial charge in [-0.25, -0.2) is 9.37 Å². The average Bonchev–Trinajstić information content (AvgIpc) is 2.81. The summed E-state index contributed by atoms with van der Waals surface area (Å²) < 4.78 is 25.2. The zero-order valence-corrected chi connectivity index (χ0v) is 18.0. The summed E-state index contributed by atoms with van der Waals surface area (Å²) in [6, 6.07) is 4.69. The van der Waals surface area contributed by atoms with Gasteiger partial charge < -0.3 is 20.1 Å². The van der Waals surface area contributed by atoms with Crippen molar-refractivity contribution in [1.29, 1.82) is 0 Å². The lowest BCUT2D eigenvalue weighted by Gasteiger charge is -2.22. The van der Waals surface area contributed by atoms with Crippen LogP contribution in [0.5, 0.6) is 0 Å². The van der Waals surface area contributed by atoms with Crippen LogP contribution in [0.1, 0.15) is 18.5 Å². The van der Waals surface area contributed by atoms with Crippen molar-refractivity contribution in [1.82, 2.24) is 15.3 Å². The lowest BCUT2D eigenvalue weighted by atomic mass is 10.0. The van der Waals surface area contributed by atoms with E-state index in [0.29, 0.717) is 47.6 Å². The van der Waals surface area contributed by atoms with Crippen LogP contribution < -0.4 is 10.6 Å². The minimum Gasteiger partial charge on any atom is -0.381 e. The van der Waals surface area contributed by atoms with Gasteiger partial charge in [-0.1, -0.05) is 11.6 Å². The number of Topliss-reactive ketones (excluding diaryl/α,β-unsaturated/α-hetero) is 1. The van der Waals surface area contributed by atoms with E-state index in [1.54, 1.807) is 12.1 Å². The number of rotatable bonds is 7. The van der Waals surface area contributed by atoms with Crippen LogP contribution >= 0.6 is 11.6 Å². The van der Waals surface area contributed by atoms with Crippen molar-refractivity contribution in [3.63, 3.8) is 0 Å². The third-order valence-electron chi connectivity index (χ3n) is 5.58. The molecule has 2 saturated heterocycles. The summed E-state index contributed by atoms with van der Waals surface area (Å²) in [6.45, 7) is 3.86. The van der Waals surface area contributed by atoms with E-state index in [1.165, 1.54) is 12.3 Å². The Morgan fingerprint density at radius 3 is 2.90 bits per heavy atom. The highest BCUT2D eigenvalue weighted by Crippen LogP contribution is 2.29. The first-order chi connectivity index (χ1) is 15.1.